The smallest absolute Gasteiger partial charge is 0.307 e. The van der Waals surface area contributed by atoms with Crippen molar-refractivity contribution < 1.29 is 14.3 Å². The van der Waals surface area contributed by atoms with Crippen molar-refractivity contribution in [3.8, 4) is 11.4 Å². The molecule has 0 aliphatic heterocycles. The van der Waals surface area contributed by atoms with Gasteiger partial charge in [0, 0.05) is 27.0 Å². The van der Waals surface area contributed by atoms with E-state index in [-0.39, 0.29) is 12.2 Å². The summed E-state index contributed by atoms with van der Waals surface area (Å²) in [6.45, 7) is 3.45. The molecule has 0 radical (unpaired) electrons. The first kappa shape index (κ1) is 14.6. The molecule has 4 nitrogen and oxygen atoms in total. The molecule has 0 saturated heterocycles. The molecule has 20 heavy (non-hydrogen) atoms. The van der Waals surface area contributed by atoms with Crippen molar-refractivity contribution in [3.05, 3.63) is 45.4 Å². The first-order valence-corrected chi connectivity index (χ1v) is 6.68. The third-order valence-electron chi connectivity index (χ3n) is 2.87. The number of aromatic nitrogens is 2. The van der Waals surface area contributed by atoms with Gasteiger partial charge in [-0.2, -0.15) is 0 Å². The number of carboxylic acid groups (broad SMARTS) is 1. The molecule has 1 N–H and O–H groups in total. The maximum Gasteiger partial charge on any atom is 0.307 e. The SMILES string of the molecule is Cc1nc(-c2cc(F)cc(Br)c2)nc(C)c1CC(=O)O. The highest BCUT2D eigenvalue weighted by Gasteiger charge is 2.13. The van der Waals surface area contributed by atoms with Crippen LogP contribution in [-0.4, -0.2) is 21.0 Å². The van der Waals surface area contributed by atoms with Gasteiger partial charge in [0.1, 0.15) is 5.82 Å². The van der Waals surface area contributed by atoms with Crippen molar-refractivity contribution in [3.63, 3.8) is 0 Å². The average molecular weight is 339 g/mol. The van der Waals surface area contributed by atoms with E-state index in [0.717, 1.165) is 0 Å². The van der Waals surface area contributed by atoms with Gasteiger partial charge in [-0.3, -0.25) is 4.79 Å². The van der Waals surface area contributed by atoms with Gasteiger partial charge in [0.2, 0.25) is 0 Å². The van der Waals surface area contributed by atoms with Gasteiger partial charge in [-0.15, -0.1) is 0 Å². The minimum absolute atomic E-state index is 0.120. The van der Waals surface area contributed by atoms with Crippen LogP contribution in [0.15, 0.2) is 22.7 Å². The summed E-state index contributed by atoms with van der Waals surface area (Å²) >= 11 is 3.22. The Bertz CT molecular complexity index is 646. The van der Waals surface area contributed by atoms with Crippen molar-refractivity contribution in [2.45, 2.75) is 20.3 Å². The summed E-state index contributed by atoms with van der Waals surface area (Å²) in [5.74, 6) is -0.932. The number of carbonyl (C=O) groups is 1. The van der Waals surface area contributed by atoms with E-state index in [1.807, 2.05) is 0 Å². The molecule has 0 unspecified atom stereocenters. The van der Waals surface area contributed by atoms with Crippen LogP contribution in [0.25, 0.3) is 11.4 Å². The maximum absolute atomic E-state index is 13.4. The van der Waals surface area contributed by atoms with Crippen LogP contribution in [0.2, 0.25) is 0 Å². The zero-order chi connectivity index (χ0) is 14.9. The summed E-state index contributed by atoms with van der Waals surface area (Å²) in [7, 11) is 0. The van der Waals surface area contributed by atoms with Gasteiger partial charge < -0.3 is 5.11 Å². The Morgan fingerprint density at radius 3 is 2.35 bits per heavy atom. The van der Waals surface area contributed by atoms with E-state index in [9.17, 15) is 9.18 Å². The number of nitrogens with zero attached hydrogens (tertiary/aromatic N) is 2. The monoisotopic (exact) mass is 338 g/mol. The zero-order valence-electron chi connectivity index (χ0n) is 10.9. The lowest BCUT2D eigenvalue weighted by atomic mass is 10.1. The Hall–Kier alpha value is -1.82. The highest BCUT2D eigenvalue weighted by molar-refractivity contribution is 9.10. The molecule has 0 saturated carbocycles. The molecule has 0 fully saturated rings. The van der Waals surface area contributed by atoms with Crippen LogP contribution >= 0.6 is 15.9 Å². The number of hydrogen-bond acceptors (Lipinski definition) is 3. The largest absolute Gasteiger partial charge is 0.481 e. The van der Waals surface area contributed by atoms with Crippen molar-refractivity contribution in [1.29, 1.82) is 0 Å². The van der Waals surface area contributed by atoms with Crippen LogP contribution in [-0.2, 0) is 11.2 Å². The van der Waals surface area contributed by atoms with Crippen LogP contribution in [0.5, 0.6) is 0 Å². The Morgan fingerprint density at radius 2 is 1.85 bits per heavy atom. The van der Waals surface area contributed by atoms with Gasteiger partial charge in [0.25, 0.3) is 0 Å². The standard InChI is InChI=1S/C14H12BrFN2O2/c1-7-12(6-13(19)20)8(2)18-14(17-7)9-3-10(15)5-11(16)4-9/h3-5H,6H2,1-2H3,(H,19,20). The maximum atomic E-state index is 13.4. The highest BCUT2D eigenvalue weighted by atomic mass is 79.9. The fraction of sp³-hybridized carbons (Fsp3) is 0.214. The number of hydrogen-bond donors (Lipinski definition) is 1. The number of halogens is 2. The molecule has 6 heteroatoms. The van der Waals surface area contributed by atoms with Gasteiger partial charge in [-0.25, -0.2) is 14.4 Å². The van der Waals surface area contributed by atoms with Gasteiger partial charge in [-0.1, -0.05) is 15.9 Å². The molecule has 104 valence electrons. The molecule has 2 aromatic rings. The minimum atomic E-state index is -0.930. The number of rotatable bonds is 3. The quantitative estimate of drug-likeness (QED) is 0.932. The van der Waals surface area contributed by atoms with Gasteiger partial charge in [0.05, 0.1) is 6.42 Å². The average Bonchev–Trinajstić information content (AvgIpc) is 2.32. The van der Waals surface area contributed by atoms with Crippen molar-refractivity contribution in [2.24, 2.45) is 0 Å². The molecule has 0 aliphatic rings. The number of aliphatic carboxylic acids is 1. The summed E-state index contributed by atoms with van der Waals surface area (Å²) in [5, 5.41) is 8.86. The molecule has 2 rings (SSSR count). The van der Waals surface area contributed by atoms with E-state index < -0.39 is 5.97 Å². The number of aryl methyl sites for hydroxylation is 2. The lowest BCUT2D eigenvalue weighted by molar-refractivity contribution is -0.136. The van der Waals surface area contributed by atoms with E-state index in [4.69, 9.17) is 5.11 Å². The van der Waals surface area contributed by atoms with Crippen LogP contribution < -0.4 is 0 Å². The van der Waals surface area contributed by atoms with Crippen LogP contribution in [0.4, 0.5) is 4.39 Å². The second-order valence-electron chi connectivity index (χ2n) is 4.43. The van der Waals surface area contributed by atoms with E-state index in [1.165, 1.54) is 12.1 Å². The third kappa shape index (κ3) is 3.19. The molecule has 0 spiro atoms. The molecular weight excluding hydrogens is 327 g/mol. The van der Waals surface area contributed by atoms with Crippen LogP contribution in [0.3, 0.4) is 0 Å². The topological polar surface area (TPSA) is 63.1 Å². The molecule has 1 aromatic heterocycles. The van der Waals surface area contributed by atoms with Crippen molar-refractivity contribution in [2.75, 3.05) is 0 Å². The Morgan fingerprint density at radius 1 is 1.25 bits per heavy atom. The molecule has 1 aromatic carbocycles. The molecule has 1 heterocycles. The Kier molecular flexibility index (Phi) is 4.13. The summed E-state index contributed by atoms with van der Waals surface area (Å²) in [6, 6.07) is 4.41. The molecule has 0 amide bonds. The van der Waals surface area contributed by atoms with Gasteiger partial charge in [-0.05, 0) is 32.0 Å². The zero-order valence-corrected chi connectivity index (χ0v) is 12.5. The van der Waals surface area contributed by atoms with Gasteiger partial charge >= 0.3 is 5.97 Å². The molecular formula is C14H12BrFN2O2. The van der Waals surface area contributed by atoms with E-state index >= 15 is 0 Å². The predicted molar refractivity (Wildman–Crippen MR) is 75.9 cm³/mol. The van der Waals surface area contributed by atoms with E-state index in [0.29, 0.717) is 32.8 Å². The molecule has 0 atom stereocenters. The lowest BCUT2D eigenvalue weighted by Crippen LogP contribution is -2.08. The fourth-order valence-corrected chi connectivity index (χ4v) is 2.42. The van der Waals surface area contributed by atoms with E-state index in [1.54, 1.807) is 19.9 Å². The summed E-state index contributed by atoms with van der Waals surface area (Å²) in [4.78, 5) is 19.4. The highest BCUT2D eigenvalue weighted by Crippen LogP contribution is 2.24. The summed E-state index contributed by atoms with van der Waals surface area (Å²) < 4.78 is 14.0. The third-order valence-corrected chi connectivity index (χ3v) is 3.33. The Labute approximate surface area is 123 Å². The van der Waals surface area contributed by atoms with Crippen LogP contribution in [0.1, 0.15) is 17.0 Å². The summed E-state index contributed by atoms with van der Waals surface area (Å²) in [6.07, 6.45) is -0.120. The second-order valence-corrected chi connectivity index (χ2v) is 5.34. The number of benzene rings is 1. The normalized spacial score (nSPS) is 10.6. The minimum Gasteiger partial charge on any atom is -0.481 e. The second kappa shape index (κ2) is 5.66. The first-order valence-electron chi connectivity index (χ1n) is 5.89. The fourth-order valence-electron chi connectivity index (χ4n) is 1.96. The van der Waals surface area contributed by atoms with E-state index in [2.05, 4.69) is 25.9 Å². The predicted octanol–water partition coefficient (Wildman–Crippen LogP) is 3.29. The first-order chi connectivity index (χ1) is 9.36. The lowest BCUT2D eigenvalue weighted by Gasteiger charge is -2.09. The Balaban J connectivity index is 2.51. The number of carboxylic acids is 1. The van der Waals surface area contributed by atoms with Crippen molar-refractivity contribution >= 4 is 21.9 Å². The molecule has 0 bridgehead atoms. The molecule has 0 aliphatic carbocycles. The van der Waals surface area contributed by atoms with Gasteiger partial charge in [0.15, 0.2) is 5.82 Å². The van der Waals surface area contributed by atoms with Crippen molar-refractivity contribution in [1.82, 2.24) is 9.97 Å². The van der Waals surface area contributed by atoms with Crippen LogP contribution in [0, 0.1) is 19.7 Å². The summed E-state index contributed by atoms with van der Waals surface area (Å²) in [5.41, 5.74) is 2.33.